The fraction of sp³-hybridized carbons (Fsp3) is 0.800. The molecule has 0 aromatic heterocycles. The molecular weight excluding hydrogens is 213 g/mol. The van der Waals surface area contributed by atoms with Gasteiger partial charge < -0.3 is 4.74 Å². The highest BCUT2D eigenvalue weighted by Crippen LogP contribution is 2.21. The number of carbonyl (C=O) groups excluding carboxylic acids is 1. The van der Waals surface area contributed by atoms with Gasteiger partial charge in [-0.05, 0) is 0 Å². The molecule has 0 saturated carbocycles. The van der Waals surface area contributed by atoms with Gasteiger partial charge in [0.05, 0.1) is 13.5 Å². The van der Waals surface area contributed by atoms with E-state index in [1.807, 2.05) is 0 Å². The largest absolute Gasteiger partial charge is 0.469 e. The molecule has 0 amide bonds. The summed E-state index contributed by atoms with van der Waals surface area (Å²) in [5.74, 6) is 3.62. The van der Waals surface area contributed by atoms with E-state index in [9.17, 15) is 18.0 Å². The Kier molecular flexibility index (Phi) is 6.91. The minimum absolute atomic E-state index is 0. The molecule has 13 heavy (non-hydrogen) atoms. The number of carbonyl (C=O) groups is 1. The summed E-state index contributed by atoms with van der Waals surface area (Å²) >= 11 is 0. The summed E-state index contributed by atoms with van der Waals surface area (Å²) < 4.78 is 39.6. The van der Waals surface area contributed by atoms with Crippen molar-refractivity contribution in [3.63, 3.8) is 0 Å². The minimum atomic E-state index is -4.54. The van der Waals surface area contributed by atoms with Gasteiger partial charge in [0.25, 0.3) is 0 Å². The topological polar surface area (TPSA) is 64.3 Å². The van der Waals surface area contributed by atoms with Crippen molar-refractivity contribution in [3.05, 3.63) is 0 Å². The number of rotatable bonds is 3. The van der Waals surface area contributed by atoms with Crippen molar-refractivity contribution in [3.8, 4) is 0 Å². The Morgan fingerprint density at radius 3 is 2.31 bits per heavy atom. The van der Waals surface area contributed by atoms with E-state index < -0.39 is 24.6 Å². The Bertz CT molecular complexity index is 164. The van der Waals surface area contributed by atoms with Crippen molar-refractivity contribution >= 4 is 18.4 Å². The maximum Gasteiger partial charge on any atom is 0.405 e. The number of nitrogens with two attached hydrogens (primary N) is 1. The normalized spacial score (nSPS) is 13.0. The Morgan fingerprint density at radius 1 is 1.62 bits per heavy atom. The maximum atomic E-state index is 11.9. The summed E-state index contributed by atoms with van der Waals surface area (Å²) in [6, 6.07) is -2.05. The highest BCUT2D eigenvalue weighted by atomic mass is 35.5. The van der Waals surface area contributed by atoms with Crippen molar-refractivity contribution < 1.29 is 22.7 Å². The van der Waals surface area contributed by atoms with Crippen LogP contribution in [0.15, 0.2) is 0 Å². The van der Waals surface area contributed by atoms with Gasteiger partial charge in [-0.2, -0.15) is 13.2 Å². The zero-order valence-electron chi connectivity index (χ0n) is 6.72. The van der Waals surface area contributed by atoms with Gasteiger partial charge in [-0.15, -0.1) is 12.4 Å². The predicted molar refractivity (Wildman–Crippen MR) is 41.0 cm³/mol. The molecule has 0 aromatic rings. The lowest BCUT2D eigenvalue weighted by Gasteiger charge is -2.17. The quantitative estimate of drug-likeness (QED) is 0.411. The van der Waals surface area contributed by atoms with Gasteiger partial charge in [0.15, 0.2) is 0 Å². The van der Waals surface area contributed by atoms with Crippen LogP contribution in [0.1, 0.15) is 6.42 Å². The molecule has 0 fully saturated rings. The van der Waals surface area contributed by atoms with Crippen molar-refractivity contribution in [1.29, 1.82) is 0 Å². The Morgan fingerprint density at radius 2 is 2.08 bits per heavy atom. The molecule has 3 N–H and O–H groups in total. The Hall–Kier alpha value is -0.530. The third-order valence-corrected chi connectivity index (χ3v) is 1.19. The molecular formula is C5H10ClF3N2O2. The first-order valence-corrected chi connectivity index (χ1v) is 3.01. The first kappa shape index (κ1) is 15.0. The molecule has 4 nitrogen and oxygen atoms in total. The molecule has 80 valence electrons. The van der Waals surface area contributed by atoms with E-state index in [0.29, 0.717) is 0 Å². The van der Waals surface area contributed by atoms with E-state index in [1.54, 1.807) is 0 Å². The van der Waals surface area contributed by atoms with E-state index in [4.69, 9.17) is 0 Å². The molecule has 0 heterocycles. The number of nitrogens with one attached hydrogen (secondary N) is 1. The molecule has 0 unspecified atom stereocenters. The van der Waals surface area contributed by atoms with Crippen LogP contribution < -0.4 is 11.3 Å². The molecule has 0 aliphatic carbocycles. The van der Waals surface area contributed by atoms with Crippen molar-refractivity contribution in [2.24, 2.45) is 5.84 Å². The number of hydrogen-bond donors (Lipinski definition) is 2. The van der Waals surface area contributed by atoms with Gasteiger partial charge in [-0.3, -0.25) is 10.6 Å². The summed E-state index contributed by atoms with van der Waals surface area (Å²) in [5.41, 5.74) is 1.48. The van der Waals surface area contributed by atoms with Gasteiger partial charge >= 0.3 is 12.1 Å². The van der Waals surface area contributed by atoms with Crippen molar-refractivity contribution in [1.82, 2.24) is 5.43 Å². The lowest BCUT2D eigenvalue weighted by Crippen LogP contribution is -2.47. The van der Waals surface area contributed by atoms with E-state index in [1.165, 1.54) is 5.43 Å². The fourth-order valence-electron chi connectivity index (χ4n) is 0.519. The van der Waals surface area contributed by atoms with Gasteiger partial charge in [0.1, 0.15) is 6.04 Å². The highest BCUT2D eigenvalue weighted by molar-refractivity contribution is 5.85. The summed E-state index contributed by atoms with van der Waals surface area (Å²) in [6.45, 7) is 0. The fourth-order valence-corrected chi connectivity index (χ4v) is 0.519. The zero-order valence-corrected chi connectivity index (χ0v) is 7.54. The molecule has 0 aromatic carbocycles. The van der Waals surface area contributed by atoms with E-state index in [0.717, 1.165) is 7.11 Å². The maximum absolute atomic E-state index is 11.9. The number of esters is 1. The van der Waals surface area contributed by atoms with Gasteiger partial charge in [0.2, 0.25) is 0 Å². The molecule has 8 heteroatoms. The third kappa shape index (κ3) is 5.67. The Labute approximate surface area is 79.0 Å². The molecule has 1 atom stereocenters. The molecule has 0 aliphatic rings. The lowest BCUT2D eigenvalue weighted by atomic mass is 10.2. The third-order valence-electron chi connectivity index (χ3n) is 1.19. The molecule has 0 spiro atoms. The number of ether oxygens (including phenoxy) is 1. The molecule has 0 saturated heterocycles. The summed E-state index contributed by atoms with van der Waals surface area (Å²) in [7, 11) is 1.01. The lowest BCUT2D eigenvalue weighted by molar-refractivity contribution is -0.168. The minimum Gasteiger partial charge on any atom is -0.469 e. The first-order chi connectivity index (χ1) is 5.41. The monoisotopic (exact) mass is 222 g/mol. The van der Waals surface area contributed by atoms with Crippen LogP contribution in [0.4, 0.5) is 13.2 Å². The summed E-state index contributed by atoms with van der Waals surface area (Å²) in [5, 5.41) is 0. The van der Waals surface area contributed by atoms with Gasteiger partial charge in [0, 0.05) is 0 Å². The first-order valence-electron chi connectivity index (χ1n) is 3.01. The number of methoxy groups -OCH3 is 1. The molecule has 0 bridgehead atoms. The number of alkyl halides is 3. The zero-order chi connectivity index (χ0) is 9.78. The average Bonchev–Trinajstić information content (AvgIpc) is 1.97. The van der Waals surface area contributed by atoms with Crippen molar-refractivity contribution in [2.75, 3.05) is 7.11 Å². The number of hydrazine groups is 1. The Balaban J connectivity index is 0. The van der Waals surface area contributed by atoms with Gasteiger partial charge in [-0.25, -0.2) is 5.43 Å². The van der Waals surface area contributed by atoms with E-state index >= 15 is 0 Å². The van der Waals surface area contributed by atoms with Crippen LogP contribution >= 0.6 is 12.4 Å². The van der Waals surface area contributed by atoms with Crippen LogP contribution in [0.5, 0.6) is 0 Å². The smallest absolute Gasteiger partial charge is 0.405 e. The van der Waals surface area contributed by atoms with Crippen LogP contribution in [-0.2, 0) is 9.53 Å². The standard InChI is InChI=1S/C5H9F3N2O2.ClH/c1-12-4(11)2-3(10-9)5(6,7)8;/h3,10H,2,9H2,1H3;1H/t3-;/m0./s1. The molecule has 0 rings (SSSR count). The van der Waals surface area contributed by atoms with Crippen LogP contribution in [0.2, 0.25) is 0 Å². The van der Waals surface area contributed by atoms with Crippen LogP contribution in [0.25, 0.3) is 0 Å². The van der Waals surface area contributed by atoms with Gasteiger partial charge in [-0.1, -0.05) is 0 Å². The second-order valence-corrected chi connectivity index (χ2v) is 2.04. The second kappa shape index (κ2) is 6.01. The average molecular weight is 223 g/mol. The number of halogens is 4. The van der Waals surface area contributed by atoms with Crippen molar-refractivity contribution in [2.45, 2.75) is 18.6 Å². The van der Waals surface area contributed by atoms with Crippen LogP contribution in [-0.4, -0.2) is 25.3 Å². The molecule has 0 aliphatic heterocycles. The second-order valence-electron chi connectivity index (χ2n) is 2.04. The van der Waals surface area contributed by atoms with Crippen LogP contribution in [0.3, 0.4) is 0 Å². The summed E-state index contributed by atoms with van der Waals surface area (Å²) in [6.07, 6.45) is -5.36. The van der Waals surface area contributed by atoms with E-state index in [-0.39, 0.29) is 12.4 Å². The SMILES string of the molecule is COC(=O)C[C@H](NN)C(F)(F)F.Cl. The molecule has 0 radical (unpaired) electrons. The van der Waals surface area contributed by atoms with E-state index in [2.05, 4.69) is 10.6 Å². The number of hydrogen-bond acceptors (Lipinski definition) is 4. The highest BCUT2D eigenvalue weighted by Gasteiger charge is 2.40. The van der Waals surface area contributed by atoms with Crippen LogP contribution in [0, 0.1) is 0 Å². The predicted octanol–water partition coefficient (Wildman–Crippen LogP) is 0.365. The summed E-state index contributed by atoms with van der Waals surface area (Å²) in [4.78, 5) is 10.4.